The molecule has 0 saturated heterocycles. The number of halogens is 4. The number of benzene rings is 1. The number of ether oxygens (including phenoxy) is 2. The molecule has 0 unspecified atom stereocenters. The van der Waals surface area contributed by atoms with Crippen LogP contribution >= 0.6 is 46.4 Å². The zero-order valence-electron chi connectivity index (χ0n) is 8.89. The van der Waals surface area contributed by atoms with E-state index < -0.39 is 6.16 Å². The van der Waals surface area contributed by atoms with E-state index in [1.54, 1.807) is 13.8 Å². The van der Waals surface area contributed by atoms with Gasteiger partial charge < -0.3 is 9.47 Å². The largest absolute Gasteiger partial charge is 0.514 e. The summed E-state index contributed by atoms with van der Waals surface area (Å²) in [5.74, 6) is -0.0756. The molecule has 0 saturated carbocycles. The standard InChI is InChI=1S/C10H8Cl4O3/c1-4(2)16-10(15)17-9-6(12)3-5(11)7(13)8(9)14/h3-4H,1-2H3. The zero-order chi connectivity index (χ0) is 13.2. The Balaban J connectivity index is 2.99. The molecule has 17 heavy (non-hydrogen) atoms. The van der Waals surface area contributed by atoms with E-state index >= 15 is 0 Å². The first-order valence-corrected chi connectivity index (χ1v) is 6.05. The summed E-state index contributed by atoms with van der Waals surface area (Å²) in [6.45, 7) is 3.36. The van der Waals surface area contributed by atoms with Gasteiger partial charge in [-0.1, -0.05) is 46.4 Å². The number of rotatable bonds is 2. The molecule has 0 spiro atoms. The quantitative estimate of drug-likeness (QED) is 0.324. The zero-order valence-corrected chi connectivity index (χ0v) is 11.9. The summed E-state index contributed by atoms with van der Waals surface area (Å²) in [5.41, 5.74) is 0. The van der Waals surface area contributed by atoms with Crippen LogP contribution in [-0.2, 0) is 4.74 Å². The SMILES string of the molecule is CC(C)OC(=O)Oc1c(Cl)cc(Cl)c(Cl)c1Cl. The van der Waals surface area contributed by atoms with Crippen molar-refractivity contribution in [2.75, 3.05) is 0 Å². The molecule has 0 aliphatic carbocycles. The smallest absolute Gasteiger partial charge is 0.431 e. The Morgan fingerprint density at radius 1 is 1.12 bits per heavy atom. The minimum Gasteiger partial charge on any atom is -0.431 e. The van der Waals surface area contributed by atoms with Crippen molar-refractivity contribution in [1.29, 1.82) is 0 Å². The van der Waals surface area contributed by atoms with Gasteiger partial charge in [-0.15, -0.1) is 0 Å². The van der Waals surface area contributed by atoms with E-state index in [2.05, 4.69) is 0 Å². The van der Waals surface area contributed by atoms with Gasteiger partial charge in [-0.05, 0) is 19.9 Å². The van der Waals surface area contributed by atoms with Crippen molar-refractivity contribution >= 4 is 52.6 Å². The first-order valence-electron chi connectivity index (χ1n) is 4.54. The Hall–Kier alpha value is -0.350. The maximum absolute atomic E-state index is 11.3. The Morgan fingerprint density at radius 3 is 2.24 bits per heavy atom. The van der Waals surface area contributed by atoms with Gasteiger partial charge in [0, 0.05) is 0 Å². The van der Waals surface area contributed by atoms with Crippen LogP contribution in [0.1, 0.15) is 13.8 Å². The van der Waals surface area contributed by atoms with Gasteiger partial charge in [0.1, 0.15) is 5.02 Å². The van der Waals surface area contributed by atoms with E-state index in [4.69, 9.17) is 55.9 Å². The summed E-state index contributed by atoms with van der Waals surface area (Å²) in [6, 6.07) is 1.33. The van der Waals surface area contributed by atoms with E-state index in [-0.39, 0.29) is 31.9 Å². The van der Waals surface area contributed by atoms with E-state index in [0.717, 1.165) is 0 Å². The van der Waals surface area contributed by atoms with E-state index in [1.807, 2.05) is 0 Å². The van der Waals surface area contributed by atoms with Gasteiger partial charge in [-0.3, -0.25) is 0 Å². The van der Waals surface area contributed by atoms with Crippen LogP contribution < -0.4 is 4.74 Å². The van der Waals surface area contributed by atoms with Crippen LogP contribution in [0, 0.1) is 0 Å². The maximum atomic E-state index is 11.3. The lowest BCUT2D eigenvalue weighted by molar-refractivity contribution is 0.0729. The predicted molar refractivity (Wildman–Crippen MR) is 68.7 cm³/mol. The molecule has 0 aromatic heterocycles. The van der Waals surface area contributed by atoms with E-state index in [9.17, 15) is 4.79 Å². The predicted octanol–water partition coefficient (Wildman–Crippen LogP) is 5.22. The lowest BCUT2D eigenvalue weighted by atomic mass is 10.3. The highest BCUT2D eigenvalue weighted by Crippen LogP contribution is 2.42. The summed E-state index contributed by atoms with van der Waals surface area (Å²) in [6.07, 6.45) is -1.23. The van der Waals surface area contributed by atoms with Crippen LogP contribution in [-0.4, -0.2) is 12.3 Å². The first kappa shape index (κ1) is 14.7. The third-order valence-corrected chi connectivity index (χ3v) is 3.11. The highest BCUT2D eigenvalue weighted by atomic mass is 35.5. The molecule has 0 bridgehead atoms. The minimum atomic E-state index is -0.915. The van der Waals surface area contributed by atoms with Crippen molar-refractivity contribution in [3.8, 4) is 5.75 Å². The van der Waals surface area contributed by atoms with Crippen molar-refractivity contribution in [2.24, 2.45) is 0 Å². The third kappa shape index (κ3) is 3.81. The highest BCUT2D eigenvalue weighted by molar-refractivity contribution is 6.50. The Bertz CT molecular complexity index is 446. The molecule has 0 amide bonds. The fraction of sp³-hybridized carbons (Fsp3) is 0.300. The van der Waals surface area contributed by atoms with Crippen LogP contribution in [0.15, 0.2) is 6.07 Å². The molecule has 94 valence electrons. The Kier molecular flexibility index (Phi) is 5.20. The molecule has 0 radical (unpaired) electrons. The van der Waals surface area contributed by atoms with Gasteiger partial charge in [0.2, 0.25) is 0 Å². The Morgan fingerprint density at radius 2 is 1.71 bits per heavy atom. The van der Waals surface area contributed by atoms with Gasteiger partial charge in [0.25, 0.3) is 0 Å². The second-order valence-corrected chi connectivity index (χ2v) is 4.89. The second kappa shape index (κ2) is 6.01. The summed E-state index contributed by atoms with van der Waals surface area (Å²) < 4.78 is 9.63. The summed E-state index contributed by atoms with van der Waals surface area (Å²) in [7, 11) is 0. The number of hydrogen-bond acceptors (Lipinski definition) is 3. The third-order valence-electron chi connectivity index (χ3n) is 1.59. The molecular formula is C10H8Cl4O3. The molecule has 3 nitrogen and oxygen atoms in total. The summed E-state index contributed by atoms with van der Waals surface area (Å²) in [4.78, 5) is 11.3. The molecule has 1 aromatic rings. The molecule has 1 aromatic carbocycles. The van der Waals surface area contributed by atoms with Crippen molar-refractivity contribution < 1.29 is 14.3 Å². The minimum absolute atomic E-state index is 0.0372. The topological polar surface area (TPSA) is 35.5 Å². The van der Waals surface area contributed by atoms with Gasteiger partial charge >= 0.3 is 6.16 Å². The molecule has 0 N–H and O–H groups in total. The van der Waals surface area contributed by atoms with Crippen molar-refractivity contribution in [1.82, 2.24) is 0 Å². The van der Waals surface area contributed by atoms with Crippen molar-refractivity contribution in [2.45, 2.75) is 20.0 Å². The van der Waals surface area contributed by atoms with Gasteiger partial charge in [0.15, 0.2) is 5.75 Å². The average molecular weight is 318 g/mol. The van der Waals surface area contributed by atoms with Gasteiger partial charge in [-0.25, -0.2) is 4.79 Å². The summed E-state index contributed by atoms with van der Waals surface area (Å²) >= 11 is 23.2. The molecule has 0 heterocycles. The molecule has 0 aliphatic rings. The maximum Gasteiger partial charge on any atom is 0.514 e. The normalized spacial score (nSPS) is 10.5. The van der Waals surface area contributed by atoms with E-state index in [1.165, 1.54) is 6.07 Å². The number of carbonyl (C=O) groups is 1. The van der Waals surface area contributed by atoms with Crippen LogP contribution in [0.3, 0.4) is 0 Å². The molecule has 1 rings (SSSR count). The monoisotopic (exact) mass is 316 g/mol. The molecule has 0 atom stereocenters. The second-order valence-electron chi connectivity index (χ2n) is 3.32. The average Bonchev–Trinajstić information content (AvgIpc) is 2.20. The van der Waals surface area contributed by atoms with Crippen LogP contribution in [0.25, 0.3) is 0 Å². The molecular weight excluding hydrogens is 310 g/mol. The van der Waals surface area contributed by atoms with E-state index in [0.29, 0.717) is 0 Å². The van der Waals surface area contributed by atoms with Crippen LogP contribution in [0.4, 0.5) is 4.79 Å². The lowest BCUT2D eigenvalue weighted by Gasteiger charge is -2.11. The first-order chi connectivity index (χ1) is 7.82. The summed E-state index contributed by atoms with van der Waals surface area (Å²) in [5, 5.41) is 0.270. The van der Waals surface area contributed by atoms with Crippen molar-refractivity contribution in [3.63, 3.8) is 0 Å². The lowest BCUT2D eigenvalue weighted by Crippen LogP contribution is -2.16. The number of hydrogen-bond donors (Lipinski definition) is 0. The van der Waals surface area contributed by atoms with Gasteiger partial charge in [-0.2, -0.15) is 0 Å². The van der Waals surface area contributed by atoms with Gasteiger partial charge in [0.05, 0.1) is 21.2 Å². The molecule has 0 aliphatic heterocycles. The highest BCUT2D eigenvalue weighted by Gasteiger charge is 2.19. The van der Waals surface area contributed by atoms with Crippen LogP contribution in [0.5, 0.6) is 5.75 Å². The molecule has 7 heteroatoms. The molecule has 0 fully saturated rings. The fourth-order valence-corrected chi connectivity index (χ4v) is 1.92. The fourth-order valence-electron chi connectivity index (χ4n) is 0.943. The van der Waals surface area contributed by atoms with Crippen LogP contribution in [0.2, 0.25) is 20.1 Å². The van der Waals surface area contributed by atoms with Crippen molar-refractivity contribution in [3.05, 3.63) is 26.2 Å². The Labute approximate surface area is 118 Å². The number of carbonyl (C=O) groups excluding carboxylic acids is 1.